The van der Waals surface area contributed by atoms with Gasteiger partial charge in [-0.2, -0.15) is 0 Å². The predicted octanol–water partition coefficient (Wildman–Crippen LogP) is 3.40. The Labute approximate surface area is 143 Å². The second-order valence-electron chi connectivity index (χ2n) is 6.85. The molecule has 1 fully saturated rings. The number of amides is 1. The van der Waals surface area contributed by atoms with E-state index in [9.17, 15) is 4.79 Å². The molecular weight excluding hydrogens is 312 g/mol. The second kappa shape index (κ2) is 7.25. The number of rotatable bonds is 1. The largest absolute Gasteiger partial charge is 0.465 e. The summed E-state index contributed by atoms with van der Waals surface area (Å²) in [5, 5.41) is 9.75. The van der Waals surface area contributed by atoms with Crippen LogP contribution >= 0.6 is 11.6 Å². The number of hydrogen-bond acceptors (Lipinski definition) is 2. The zero-order valence-corrected chi connectivity index (χ0v) is 14.6. The normalized spacial score (nSPS) is 17.3. The molecule has 0 radical (unpaired) electrons. The molecule has 1 aromatic rings. The van der Waals surface area contributed by atoms with Gasteiger partial charge in [0.2, 0.25) is 0 Å². The van der Waals surface area contributed by atoms with E-state index in [-0.39, 0.29) is 11.5 Å². The molecule has 1 aliphatic rings. The topological polar surface area (TPSA) is 43.8 Å². The molecule has 5 heteroatoms. The van der Waals surface area contributed by atoms with Gasteiger partial charge in [-0.15, -0.1) is 0 Å². The predicted molar refractivity (Wildman–Crippen MR) is 92.7 cm³/mol. The fourth-order valence-electron chi connectivity index (χ4n) is 2.74. The molecule has 23 heavy (non-hydrogen) atoms. The average Bonchev–Trinajstić information content (AvgIpc) is 2.46. The quantitative estimate of drug-likeness (QED) is 0.800. The van der Waals surface area contributed by atoms with Gasteiger partial charge in [0.1, 0.15) is 0 Å². The maximum Gasteiger partial charge on any atom is 0.407 e. The SMILES string of the molecule is CC(C)(C)C(C#Cc1cccc(Cl)c1)N1CCN(C(=O)O)CC1. The molecule has 0 bridgehead atoms. The fourth-order valence-corrected chi connectivity index (χ4v) is 2.94. The van der Waals surface area contributed by atoms with E-state index in [1.54, 1.807) is 0 Å². The third-order valence-electron chi connectivity index (χ3n) is 3.95. The molecule has 0 aliphatic carbocycles. The van der Waals surface area contributed by atoms with Crippen LogP contribution in [0.5, 0.6) is 0 Å². The van der Waals surface area contributed by atoms with Crippen molar-refractivity contribution in [2.75, 3.05) is 26.2 Å². The average molecular weight is 335 g/mol. The first kappa shape index (κ1) is 17.7. The minimum atomic E-state index is -0.845. The summed E-state index contributed by atoms with van der Waals surface area (Å²) in [6, 6.07) is 7.60. The van der Waals surface area contributed by atoms with E-state index in [1.165, 1.54) is 4.90 Å². The molecule has 2 rings (SSSR count). The summed E-state index contributed by atoms with van der Waals surface area (Å²) in [6.45, 7) is 8.95. The molecule has 1 amide bonds. The lowest BCUT2D eigenvalue weighted by Gasteiger charge is -2.41. The van der Waals surface area contributed by atoms with Crippen LogP contribution in [-0.4, -0.2) is 53.2 Å². The van der Waals surface area contributed by atoms with Gasteiger partial charge >= 0.3 is 6.09 Å². The van der Waals surface area contributed by atoms with E-state index in [1.807, 2.05) is 24.3 Å². The Hall–Kier alpha value is -1.70. The molecule has 1 saturated heterocycles. The third-order valence-corrected chi connectivity index (χ3v) is 4.18. The Balaban J connectivity index is 2.15. The van der Waals surface area contributed by atoms with E-state index in [2.05, 4.69) is 37.5 Å². The number of carbonyl (C=O) groups is 1. The number of piperazine rings is 1. The monoisotopic (exact) mass is 334 g/mol. The first-order valence-corrected chi connectivity index (χ1v) is 8.14. The molecule has 0 spiro atoms. The van der Waals surface area contributed by atoms with Crippen LogP contribution in [0.1, 0.15) is 26.3 Å². The summed E-state index contributed by atoms with van der Waals surface area (Å²) in [6.07, 6.45) is -0.845. The minimum absolute atomic E-state index is 0.0169. The smallest absolute Gasteiger partial charge is 0.407 e. The van der Waals surface area contributed by atoms with E-state index < -0.39 is 6.09 Å². The van der Waals surface area contributed by atoms with Gasteiger partial charge in [0.15, 0.2) is 0 Å². The lowest BCUT2D eigenvalue weighted by atomic mass is 9.85. The molecule has 4 nitrogen and oxygen atoms in total. The molecule has 1 aromatic carbocycles. The maximum absolute atomic E-state index is 11.0. The highest BCUT2D eigenvalue weighted by molar-refractivity contribution is 6.30. The van der Waals surface area contributed by atoms with Crippen LogP contribution in [0.25, 0.3) is 0 Å². The molecule has 1 aliphatic heterocycles. The summed E-state index contributed by atoms with van der Waals surface area (Å²) >= 11 is 6.01. The van der Waals surface area contributed by atoms with Gasteiger partial charge in [0.05, 0.1) is 6.04 Å². The Morgan fingerprint density at radius 2 is 1.91 bits per heavy atom. The van der Waals surface area contributed by atoms with Crippen LogP contribution in [0.2, 0.25) is 5.02 Å². The summed E-state index contributed by atoms with van der Waals surface area (Å²) in [7, 11) is 0. The van der Waals surface area contributed by atoms with Crippen molar-refractivity contribution >= 4 is 17.7 Å². The second-order valence-corrected chi connectivity index (χ2v) is 7.29. The van der Waals surface area contributed by atoms with Gasteiger partial charge in [0, 0.05) is 36.8 Å². The number of nitrogens with zero attached hydrogens (tertiary/aromatic N) is 2. The lowest BCUT2D eigenvalue weighted by molar-refractivity contribution is 0.0690. The van der Waals surface area contributed by atoms with Gasteiger partial charge in [-0.1, -0.05) is 50.3 Å². The molecule has 1 heterocycles. The van der Waals surface area contributed by atoms with Crippen LogP contribution in [-0.2, 0) is 0 Å². The third kappa shape index (κ3) is 4.89. The van der Waals surface area contributed by atoms with Gasteiger partial charge in [0.25, 0.3) is 0 Å². The highest BCUT2D eigenvalue weighted by atomic mass is 35.5. The molecule has 1 N–H and O–H groups in total. The highest BCUT2D eigenvalue weighted by Gasteiger charge is 2.32. The number of hydrogen-bond donors (Lipinski definition) is 1. The van der Waals surface area contributed by atoms with Gasteiger partial charge in [-0.3, -0.25) is 4.90 Å². The highest BCUT2D eigenvalue weighted by Crippen LogP contribution is 2.25. The summed E-state index contributed by atoms with van der Waals surface area (Å²) < 4.78 is 0. The van der Waals surface area contributed by atoms with Gasteiger partial charge in [-0.05, 0) is 23.6 Å². The summed E-state index contributed by atoms with van der Waals surface area (Å²) in [5.41, 5.74) is 0.882. The van der Waals surface area contributed by atoms with E-state index in [0.717, 1.165) is 5.56 Å². The first-order valence-electron chi connectivity index (χ1n) is 7.76. The van der Waals surface area contributed by atoms with Crippen LogP contribution in [0.3, 0.4) is 0 Å². The Bertz CT molecular complexity index is 620. The molecular formula is C18H23ClN2O2. The summed E-state index contributed by atoms with van der Waals surface area (Å²) in [4.78, 5) is 14.8. The van der Waals surface area contributed by atoms with Crippen LogP contribution in [0.15, 0.2) is 24.3 Å². The molecule has 0 saturated carbocycles. The van der Waals surface area contributed by atoms with E-state index >= 15 is 0 Å². The van der Waals surface area contributed by atoms with E-state index in [0.29, 0.717) is 31.2 Å². The Morgan fingerprint density at radius 3 is 2.43 bits per heavy atom. The lowest BCUT2D eigenvalue weighted by Crippen LogP contribution is -2.54. The van der Waals surface area contributed by atoms with Gasteiger partial charge in [-0.25, -0.2) is 4.79 Å². The van der Waals surface area contributed by atoms with Crippen molar-refractivity contribution in [3.05, 3.63) is 34.9 Å². The van der Waals surface area contributed by atoms with Crippen LogP contribution < -0.4 is 0 Å². The molecule has 0 aromatic heterocycles. The molecule has 124 valence electrons. The fraction of sp³-hybridized carbons (Fsp3) is 0.500. The van der Waals surface area contributed by atoms with Crippen molar-refractivity contribution in [3.63, 3.8) is 0 Å². The Kier molecular flexibility index (Phi) is 5.56. The van der Waals surface area contributed by atoms with Crippen LogP contribution in [0.4, 0.5) is 4.79 Å². The number of halogens is 1. The van der Waals surface area contributed by atoms with Crippen molar-refractivity contribution in [2.45, 2.75) is 26.8 Å². The zero-order chi connectivity index (χ0) is 17.0. The van der Waals surface area contributed by atoms with E-state index in [4.69, 9.17) is 16.7 Å². The minimum Gasteiger partial charge on any atom is -0.465 e. The van der Waals surface area contributed by atoms with Crippen LogP contribution in [0, 0.1) is 17.3 Å². The first-order chi connectivity index (χ1) is 10.8. The Morgan fingerprint density at radius 1 is 1.26 bits per heavy atom. The van der Waals surface area contributed by atoms with Crippen molar-refractivity contribution < 1.29 is 9.90 Å². The molecule has 1 atom stereocenters. The standard InChI is InChI=1S/C18H23ClN2O2/c1-18(2,3)16(8-7-14-5-4-6-15(19)13-14)20-9-11-21(12-10-20)17(22)23/h4-6,13,16H,9-12H2,1-3H3,(H,22,23). The van der Waals surface area contributed by atoms with Crippen molar-refractivity contribution in [1.29, 1.82) is 0 Å². The van der Waals surface area contributed by atoms with Crippen molar-refractivity contribution in [2.24, 2.45) is 5.41 Å². The zero-order valence-electron chi connectivity index (χ0n) is 13.8. The molecule has 1 unspecified atom stereocenters. The number of carboxylic acid groups (broad SMARTS) is 1. The van der Waals surface area contributed by atoms with Crippen molar-refractivity contribution in [1.82, 2.24) is 9.80 Å². The summed E-state index contributed by atoms with van der Waals surface area (Å²) in [5.74, 6) is 6.59. The van der Waals surface area contributed by atoms with Crippen molar-refractivity contribution in [3.8, 4) is 11.8 Å². The van der Waals surface area contributed by atoms with Gasteiger partial charge < -0.3 is 10.0 Å². The number of benzene rings is 1. The maximum atomic E-state index is 11.0.